The SMILES string of the molecule is CCCNCC1CCCN(CCCC(C)(C)C#N)C1. The van der Waals surface area contributed by atoms with Gasteiger partial charge in [-0.2, -0.15) is 5.26 Å². The average molecular weight is 265 g/mol. The lowest BCUT2D eigenvalue weighted by molar-refractivity contribution is 0.166. The summed E-state index contributed by atoms with van der Waals surface area (Å²) < 4.78 is 0. The van der Waals surface area contributed by atoms with Gasteiger partial charge in [-0.25, -0.2) is 0 Å². The minimum Gasteiger partial charge on any atom is -0.316 e. The van der Waals surface area contributed by atoms with Crippen molar-refractivity contribution < 1.29 is 0 Å². The molecule has 1 unspecified atom stereocenters. The molecule has 0 aromatic rings. The summed E-state index contributed by atoms with van der Waals surface area (Å²) in [5, 5.41) is 12.6. The number of hydrogen-bond donors (Lipinski definition) is 1. The first-order chi connectivity index (χ1) is 9.07. The molecule has 1 fully saturated rings. The van der Waals surface area contributed by atoms with Crippen molar-refractivity contribution in [3.63, 3.8) is 0 Å². The van der Waals surface area contributed by atoms with Gasteiger partial charge in [0, 0.05) is 6.54 Å². The topological polar surface area (TPSA) is 39.1 Å². The normalized spacial score (nSPS) is 21.3. The van der Waals surface area contributed by atoms with Gasteiger partial charge < -0.3 is 10.2 Å². The van der Waals surface area contributed by atoms with E-state index in [9.17, 15) is 0 Å². The van der Waals surface area contributed by atoms with Crippen LogP contribution in [0.1, 0.15) is 52.9 Å². The number of nitrogens with one attached hydrogen (secondary N) is 1. The van der Waals surface area contributed by atoms with Crippen molar-refractivity contribution in [1.29, 1.82) is 5.26 Å². The second-order valence-corrected chi connectivity index (χ2v) is 6.61. The summed E-state index contributed by atoms with van der Waals surface area (Å²) in [7, 11) is 0. The maximum atomic E-state index is 9.02. The van der Waals surface area contributed by atoms with Crippen LogP contribution in [-0.2, 0) is 0 Å². The van der Waals surface area contributed by atoms with E-state index >= 15 is 0 Å². The Kier molecular flexibility index (Phi) is 7.41. The molecule has 1 N–H and O–H groups in total. The van der Waals surface area contributed by atoms with Gasteiger partial charge in [0.2, 0.25) is 0 Å². The molecule has 0 aromatic carbocycles. The first-order valence-electron chi connectivity index (χ1n) is 7.91. The first-order valence-corrected chi connectivity index (χ1v) is 7.91. The zero-order valence-electron chi connectivity index (χ0n) is 13.0. The van der Waals surface area contributed by atoms with Gasteiger partial charge in [-0.15, -0.1) is 0 Å². The van der Waals surface area contributed by atoms with E-state index in [1.54, 1.807) is 0 Å². The number of rotatable bonds is 8. The molecule has 19 heavy (non-hydrogen) atoms. The predicted octanol–water partition coefficient (Wildman–Crippen LogP) is 3.03. The molecule has 3 nitrogen and oxygen atoms in total. The number of nitriles is 1. The number of hydrogen-bond acceptors (Lipinski definition) is 3. The third-order valence-electron chi connectivity index (χ3n) is 4.04. The molecule has 1 heterocycles. The Hall–Kier alpha value is -0.590. The molecular weight excluding hydrogens is 234 g/mol. The van der Waals surface area contributed by atoms with Gasteiger partial charge in [-0.3, -0.25) is 0 Å². The quantitative estimate of drug-likeness (QED) is 0.686. The fourth-order valence-electron chi connectivity index (χ4n) is 2.80. The lowest BCUT2D eigenvalue weighted by Crippen LogP contribution is -2.40. The Morgan fingerprint density at radius 3 is 2.89 bits per heavy atom. The van der Waals surface area contributed by atoms with Crippen LogP contribution in [0.15, 0.2) is 0 Å². The van der Waals surface area contributed by atoms with Crippen molar-refractivity contribution in [3.8, 4) is 6.07 Å². The second kappa shape index (κ2) is 8.55. The minimum absolute atomic E-state index is 0.155. The highest BCUT2D eigenvalue weighted by Crippen LogP contribution is 2.22. The summed E-state index contributed by atoms with van der Waals surface area (Å²) in [6.07, 6.45) is 6.09. The van der Waals surface area contributed by atoms with Crippen molar-refractivity contribution in [2.45, 2.75) is 52.9 Å². The Bertz CT molecular complexity index is 280. The van der Waals surface area contributed by atoms with E-state index in [1.165, 1.54) is 38.9 Å². The molecule has 0 aliphatic carbocycles. The minimum atomic E-state index is -0.155. The van der Waals surface area contributed by atoms with E-state index in [2.05, 4.69) is 23.2 Å². The molecule has 0 aromatic heterocycles. The van der Waals surface area contributed by atoms with E-state index in [-0.39, 0.29) is 5.41 Å². The Labute approximate surface area is 119 Å². The van der Waals surface area contributed by atoms with Gasteiger partial charge in [-0.1, -0.05) is 6.92 Å². The van der Waals surface area contributed by atoms with E-state index in [4.69, 9.17) is 5.26 Å². The van der Waals surface area contributed by atoms with Crippen LogP contribution in [0.4, 0.5) is 0 Å². The third kappa shape index (κ3) is 6.94. The van der Waals surface area contributed by atoms with Gasteiger partial charge in [0.15, 0.2) is 0 Å². The zero-order chi connectivity index (χ0) is 14.1. The van der Waals surface area contributed by atoms with Crippen LogP contribution in [0.5, 0.6) is 0 Å². The largest absolute Gasteiger partial charge is 0.316 e. The first kappa shape index (κ1) is 16.5. The zero-order valence-corrected chi connectivity index (χ0v) is 13.0. The van der Waals surface area contributed by atoms with Gasteiger partial charge >= 0.3 is 0 Å². The molecule has 1 atom stereocenters. The molecular formula is C16H31N3. The van der Waals surface area contributed by atoms with E-state index in [1.807, 2.05) is 13.8 Å². The third-order valence-corrected chi connectivity index (χ3v) is 4.04. The van der Waals surface area contributed by atoms with Crippen LogP contribution in [0, 0.1) is 22.7 Å². The van der Waals surface area contributed by atoms with E-state index in [0.29, 0.717) is 0 Å². The Morgan fingerprint density at radius 2 is 2.21 bits per heavy atom. The number of nitrogens with zero attached hydrogens (tertiary/aromatic N) is 2. The fraction of sp³-hybridized carbons (Fsp3) is 0.938. The summed E-state index contributed by atoms with van der Waals surface area (Å²) >= 11 is 0. The molecule has 1 aliphatic rings. The van der Waals surface area contributed by atoms with Gasteiger partial charge in [0.1, 0.15) is 0 Å². The van der Waals surface area contributed by atoms with Crippen LogP contribution >= 0.6 is 0 Å². The summed E-state index contributed by atoms with van der Waals surface area (Å²) in [5.41, 5.74) is -0.155. The lowest BCUT2D eigenvalue weighted by atomic mass is 9.89. The van der Waals surface area contributed by atoms with Crippen molar-refractivity contribution in [2.75, 3.05) is 32.7 Å². The van der Waals surface area contributed by atoms with Gasteiger partial charge in [-0.05, 0) is 78.0 Å². The molecule has 1 aliphatic heterocycles. The van der Waals surface area contributed by atoms with Crippen molar-refractivity contribution in [2.24, 2.45) is 11.3 Å². The van der Waals surface area contributed by atoms with Gasteiger partial charge in [0.25, 0.3) is 0 Å². The molecule has 0 spiro atoms. The summed E-state index contributed by atoms with van der Waals surface area (Å²) in [6, 6.07) is 2.39. The Balaban J connectivity index is 2.18. The highest BCUT2D eigenvalue weighted by Gasteiger charge is 2.21. The van der Waals surface area contributed by atoms with Crippen molar-refractivity contribution >= 4 is 0 Å². The van der Waals surface area contributed by atoms with Crippen LogP contribution in [0.2, 0.25) is 0 Å². The standard InChI is InChI=1S/C16H31N3/c1-4-9-18-12-15-7-5-10-19(13-15)11-6-8-16(2,3)14-17/h15,18H,4-13H2,1-3H3. The molecule has 0 amide bonds. The molecule has 3 heteroatoms. The predicted molar refractivity (Wildman–Crippen MR) is 81.0 cm³/mol. The number of piperidine rings is 1. The maximum Gasteiger partial charge on any atom is 0.0683 e. The van der Waals surface area contributed by atoms with E-state index in [0.717, 1.165) is 31.8 Å². The van der Waals surface area contributed by atoms with Crippen LogP contribution in [0.3, 0.4) is 0 Å². The molecule has 0 saturated carbocycles. The van der Waals surface area contributed by atoms with Crippen molar-refractivity contribution in [3.05, 3.63) is 0 Å². The highest BCUT2D eigenvalue weighted by atomic mass is 15.1. The molecule has 0 radical (unpaired) electrons. The smallest absolute Gasteiger partial charge is 0.0683 e. The maximum absolute atomic E-state index is 9.02. The summed E-state index contributed by atoms with van der Waals surface area (Å²) in [6.45, 7) is 12.3. The Morgan fingerprint density at radius 1 is 1.42 bits per heavy atom. The monoisotopic (exact) mass is 265 g/mol. The molecule has 110 valence electrons. The summed E-state index contributed by atoms with van der Waals surface area (Å²) in [5.74, 6) is 0.823. The highest BCUT2D eigenvalue weighted by molar-refractivity contribution is 4.91. The van der Waals surface area contributed by atoms with Gasteiger partial charge in [0.05, 0.1) is 11.5 Å². The van der Waals surface area contributed by atoms with Crippen molar-refractivity contribution in [1.82, 2.24) is 10.2 Å². The van der Waals surface area contributed by atoms with Crippen LogP contribution in [-0.4, -0.2) is 37.6 Å². The van der Waals surface area contributed by atoms with E-state index < -0.39 is 0 Å². The average Bonchev–Trinajstić information content (AvgIpc) is 2.39. The fourth-order valence-corrected chi connectivity index (χ4v) is 2.80. The summed E-state index contributed by atoms with van der Waals surface area (Å²) in [4.78, 5) is 2.59. The molecule has 0 bridgehead atoms. The van der Waals surface area contributed by atoms with Crippen LogP contribution in [0.25, 0.3) is 0 Å². The lowest BCUT2D eigenvalue weighted by Gasteiger charge is -2.33. The molecule has 1 rings (SSSR count). The number of likely N-dealkylation sites (tertiary alicyclic amines) is 1. The molecule has 1 saturated heterocycles. The van der Waals surface area contributed by atoms with Crippen LogP contribution < -0.4 is 5.32 Å². The second-order valence-electron chi connectivity index (χ2n) is 6.61.